The predicted molar refractivity (Wildman–Crippen MR) is 171 cm³/mol. The third-order valence-corrected chi connectivity index (χ3v) is 11.5. The Bertz CT molecular complexity index is 1910. The number of anilines is 2. The molecule has 13 heteroatoms. The second-order valence-corrected chi connectivity index (χ2v) is 14.5. The van der Waals surface area contributed by atoms with Gasteiger partial charge in [0, 0.05) is 60.9 Å². The van der Waals surface area contributed by atoms with Gasteiger partial charge in [0.2, 0.25) is 5.69 Å². The summed E-state index contributed by atoms with van der Waals surface area (Å²) in [5.41, 5.74) is 6.10. The van der Waals surface area contributed by atoms with Crippen molar-refractivity contribution in [2.24, 2.45) is 5.41 Å². The smallest absolute Gasteiger partial charge is 0.319 e. The number of thiophene rings is 1. The van der Waals surface area contributed by atoms with Gasteiger partial charge in [-0.1, -0.05) is 17.7 Å². The van der Waals surface area contributed by atoms with Gasteiger partial charge in [0.1, 0.15) is 29.9 Å². The fourth-order valence-corrected chi connectivity index (χ4v) is 9.24. The number of ether oxygens (including phenoxy) is 1. The number of nitrogens with one attached hydrogen (secondary N) is 1. The molecule has 0 radical (unpaired) electrons. The first kappa shape index (κ1) is 29.1. The van der Waals surface area contributed by atoms with Gasteiger partial charge in [0.05, 0.1) is 26.8 Å². The lowest BCUT2D eigenvalue weighted by molar-refractivity contribution is 0.107. The van der Waals surface area contributed by atoms with Crippen molar-refractivity contribution in [1.82, 2.24) is 20.2 Å². The van der Waals surface area contributed by atoms with Gasteiger partial charge in [-0.3, -0.25) is 4.90 Å². The Balaban J connectivity index is 1.29. The van der Waals surface area contributed by atoms with E-state index in [1.807, 2.05) is 0 Å². The molecule has 1 spiro atoms. The maximum absolute atomic E-state index is 16.9. The lowest BCUT2D eigenvalue weighted by atomic mass is 9.75. The molecule has 2 aromatic carbocycles. The van der Waals surface area contributed by atoms with Crippen LogP contribution in [-0.4, -0.2) is 72.5 Å². The van der Waals surface area contributed by atoms with E-state index in [0.717, 1.165) is 69.7 Å². The maximum atomic E-state index is 16.9. The number of benzene rings is 2. The average Bonchev–Trinajstić information content (AvgIpc) is 3.65. The van der Waals surface area contributed by atoms with Crippen molar-refractivity contribution in [3.8, 4) is 17.1 Å². The van der Waals surface area contributed by atoms with Crippen LogP contribution in [0.2, 0.25) is 5.02 Å². The molecule has 6 heterocycles. The van der Waals surface area contributed by atoms with Crippen LogP contribution in [0.3, 0.4) is 0 Å². The topological polar surface area (TPSA) is 83.9 Å². The van der Waals surface area contributed by atoms with Crippen molar-refractivity contribution in [2.75, 3.05) is 56.5 Å². The average molecular weight is 654 g/mol. The third-order valence-electron chi connectivity index (χ3n) is 10.2. The van der Waals surface area contributed by atoms with E-state index in [1.54, 1.807) is 6.07 Å². The molecule has 3 N–H and O–H groups in total. The molecule has 4 aliphatic rings. The summed E-state index contributed by atoms with van der Waals surface area (Å²) in [7, 11) is 0. The molecule has 0 bridgehead atoms. The molecule has 0 unspecified atom stereocenters. The van der Waals surface area contributed by atoms with Crippen LogP contribution in [0.5, 0.6) is 6.01 Å². The number of aromatic nitrogens is 2. The molecule has 4 aliphatic heterocycles. The van der Waals surface area contributed by atoms with E-state index in [0.29, 0.717) is 24.2 Å². The first-order chi connectivity index (χ1) is 21.7. The summed E-state index contributed by atoms with van der Waals surface area (Å²) in [5.74, 6) is -0.734. The highest BCUT2D eigenvalue weighted by Crippen LogP contribution is 2.49. The van der Waals surface area contributed by atoms with Crippen molar-refractivity contribution >= 4 is 60.4 Å². The second-order valence-electron chi connectivity index (χ2n) is 13.0. The second kappa shape index (κ2) is 10.6. The van der Waals surface area contributed by atoms with Gasteiger partial charge in [0.15, 0.2) is 5.82 Å². The minimum Gasteiger partial charge on any atom is -0.461 e. The first-order valence-corrected chi connectivity index (χ1v) is 16.5. The summed E-state index contributed by atoms with van der Waals surface area (Å²) in [5, 5.41) is 4.28. The van der Waals surface area contributed by atoms with Crippen LogP contribution in [0.15, 0.2) is 18.2 Å². The van der Waals surface area contributed by atoms with Crippen molar-refractivity contribution in [3.63, 3.8) is 0 Å². The van der Waals surface area contributed by atoms with Gasteiger partial charge in [0.25, 0.3) is 0 Å². The fraction of sp³-hybridized carbons (Fsp3) is 0.469. The monoisotopic (exact) mass is 653 g/mol. The zero-order valence-electron chi connectivity index (χ0n) is 24.4. The summed E-state index contributed by atoms with van der Waals surface area (Å²) < 4.78 is 52.7. The van der Waals surface area contributed by atoms with Gasteiger partial charge in [-0.15, -0.1) is 11.3 Å². The van der Waals surface area contributed by atoms with Crippen LogP contribution in [-0.2, 0) is 0 Å². The molecule has 0 aliphatic carbocycles. The number of nitrogens with zero attached hydrogens (tertiary/aromatic N) is 5. The van der Waals surface area contributed by atoms with E-state index < -0.39 is 23.3 Å². The Morgan fingerprint density at radius 3 is 2.80 bits per heavy atom. The highest BCUT2D eigenvalue weighted by atomic mass is 35.5. The summed E-state index contributed by atoms with van der Waals surface area (Å²) in [6, 6.07) is 4.32. The van der Waals surface area contributed by atoms with Gasteiger partial charge in [-0.05, 0) is 49.9 Å². The minimum absolute atomic E-state index is 0.00222. The number of nitrogens with two attached hydrogens (primary N) is 1. The Kier molecular flexibility index (Phi) is 6.84. The molecule has 2 atom stereocenters. The highest BCUT2D eigenvalue weighted by molar-refractivity contribution is 7.23. The maximum Gasteiger partial charge on any atom is 0.319 e. The minimum atomic E-state index is -0.913. The summed E-state index contributed by atoms with van der Waals surface area (Å²) in [6.07, 6.45) is 3.31. The molecule has 0 amide bonds. The molecule has 45 heavy (non-hydrogen) atoms. The van der Waals surface area contributed by atoms with Gasteiger partial charge >= 0.3 is 6.01 Å². The number of halogens is 4. The SMILES string of the molecule is [C-]#[N+]c1c(N)sc2c(F)ccc(-c3c(Cl)cc4c(N5CCCC6(CNC6)C5)nc(OC[C@@]56CCCN5C[C@H](F)C6)nc4c3F)c12. The Morgan fingerprint density at radius 1 is 1.20 bits per heavy atom. The number of alkyl halides is 1. The first-order valence-electron chi connectivity index (χ1n) is 15.3. The van der Waals surface area contributed by atoms with E-state index >= 15 is 4.39 Å². The van der Waals surface area contributed by atoms with Crippen LogP contribution >= 0.6 is 22.9 Å². The largest absolute Gasteiger partial charge is 0.461 e. The number of rotatable bonds is 5. The van der Waals surface area contributed by atoms with Crippen molar-refractivity contribution in [2.45, 2.75) is 43.8 Å². The Morgan fingerprint density at radius 2 is 2.02 bits per heavy atom. The van der Waals surface area contributed by atoms with E-state index in [-0.39, 0.29) is 60.5 Å². The zero-order valence-corrected chi connectivity index (χ0v) is 26.0. The van der Waals surface area contributed by atoms with Crippen LogP contribution in [0, 0.1) is 23.6 Å². The lowest BCUT2D eigenvalue weighted by Gasteiger charge is -2.49. The summed E-state index contributed by atoms with van der Waals surface area (Å²) in [6.45, 7) is 12.4. The summed E-state index contributed by atoms with van der Waals surface area (Å²) in [4.78, 5) is 17.3. The van der Waals surface area contributed by atoms with Crippen LogP contribution < -0.4 is 20.7 Å². The van der Waals surface area contributed by atoms with E-state index in [9.17, 15) is 8.78 Å². The molecule has 4 fully saturated rings. The molecule has 4 aromatic rings. The molecule has 234 valence electrons. The fourth-order valence-electron chi connectivity index (χ4n) is 8.01. The molecule has 8 rings (SSSR count). The normalized spacial score (nSPS) is 24.3. The van der Waals surface area contributed by atoms with Gasteiger partial charge in [-0.25, -0.2) is 18.0 Å². The predicted octanol–water partition coefficient (Wildman–Crippen LogP) is 6.72. The Labute approximate surface area is 267 Å². The lowest BCUT2D eigenvalue weighted by Crippen LogP contribution is -2.61. The molecule has 4 saturated heterocycles. The summed E-state index contributed by atoms with van der Waals surface area (Å²) >= 11 is 7.80. The van der Waals surface area contributed by atoms with Crippen molar-refractivity contribution in [3.05, 3.63) is 46.3 Å². The third kappa shape index (κ3) is 4.53. The van der Waals surface area contributed by atoms with Crippen LogP contribution in [0.1, 0.15) is 32.1 Å². The highest BCUT2D eigenvalue weighted by Gasteiger charge is 2.49. The molecule has 8 nitrogen and oxygen atoms in total. The molecular formula is C32H31ClF3N7OS. The van der Waals surface area contributed by atoms with Gasteiger partial charge in [-0.2, -0.15) is 9.97 Å². The van der Waals surface area contributed by atoms with Crippen LogP contribution in [0.4, 0.5) is 29.7 Å². The molecule has 0 saturated carbocycles. The van der Waals surface area contributed by atoms with Crippen LogP contribution in [0.25, 0.3) is 37.0 Å². The zero-order chi connectivity index (χ0) is 31.1. The van der Waals surface area contributed by atoms with E-state index in [1.165, 1.54) is 12.1 Å². The van der Waals surface area contributed by atoms with Crippen molar-refractivity contribution in [1.29, 1.82) is 0 Å². The number of fused-ring (bicyclic) bond motifs is 3. The number of piperidine rings is 1. The number of hydrogen-bond acceptors (Lipinski definition) is 8. The molecular weight excluding hydrogens is 623 g/mol. The van der Waals surface area contributed by atoms with E-state index in [2.05, 4.69) is 24.9 Å². The molecule has 2 aromatic heterocycles. The standard InChI is InChI=1S/C32H31ClF3N7OS/c1-38-26-23-18(4-5-21(35)27(23)45-28(26)37)22-20(33)10-19-25(24(22)36)40-30(44-16-32-7-3-9-43(32)12-17(34)11-32)41-29(19)42-8-2-6-31(15-42)13-39-14-31/h4-5,10,17,39H,2-3,6-9,11-16,37H2/t17-,32+/m1/s1. The quantitative estimate of drug-likeness (QED) is 0.231. The van der Waals surface area contributed by atoms with E-state index in [4.69, 9.17) is 33.6 Å². The van der Waals surface area contributed by atoms with Crippen molar-refractivity contribution < 1.29 is 17.9 Å². The number of hydrogen-bond donors (Lipinski definition) is 2. The number of nitrogen functional groups attached to an aromatic ring is 1. The Hall–Kier alpha value is -3.37. The van der Waals surface area contributed by atoms with Gasteiger partial charge < -0.3 is 20.7 Å².